The van der Waals surface area contributed by atoms with Gasteiger partial charge in [0.1, 0.15) is 6.04 Å². The molecule has 0 amide bonds. The average molecular weight is 217 g/mol. The molecule has 1 rings (SSSR count). The van der Waals surface area contributed by atoms with Gasteiger partial charge in [0.2, 0.25) is 0 Å². The first-order valence-electron chi connectivity index (χ1n) is 5.05. The minimum Gasteiger partial charge on any atom is -0.468 e. The Hall–Kier alpha value is -0.393. The van der Waals surface area contributed by atoms with Gasteiger partial charge in [0.15, 0.2) is 0 Å². The van der Waals surface area contributed by atoms with Gasteiger partial charge in [-0.3, -0.25) is 4.79 Å². The van der Waals surface area contributed by atoms with Crippen molar-refractivity contribution < 1.29 is 14.3 Å². The van der Waals surface area contributed by atoms with Gasteiger partial charge >= 0.3 is 5.97 Å². The van der Waals surface area contributed by atoms with Gasteiger partial charge in [-0.15, -0.1) is 0 Å². The Morgan fingerprint density at radius 1 is 1.50 bits per heavy atom. The fourth-order valence-corrected chi connectivity index (χ4v) is 3.93. The minimum atomic E-state index is -0.242. The molecule has 4 nitrogen and oxygen atoms in total. The maximum atomic E-state index is 11.6. The molecule has 0 aromatic carbocycles. The first-order chi connectivity index (χ1) is 6.70. The first-order valence-corrected chi connectivity index (χ1v) is 6.68. The zero-order valence-electron chi connectivity index (χ0n) is 9.16. The lowest BCUT2D eigenvalue weighted by atomic mass is 10.2. The monoisotopic (exact) mass is 217 g/mol. The largest absolute Gasteiger partial charge is 0.468 e. The summed E-state index contributed by atoms with van der Waals surface area (Å²) in [7, 11) is 2.83. The predicted octanol–water partition coefficient (Wildman–Crippen LogP) is -0.229. The van der Waals surface area contributed by atoms with Crippen LogP contribution in [0.3, 0.4) is 0 Å². The highest BCUT2D eigenvalue weighted by molar-refractivity contribution is 6.33. The van der Waals surface area contributed by atoms with E-state index in [9.17, 15) is 4.79 Å². The Morgan fingerprint density at radius 3 is 2.64 bits per heavy atom. The quantitative estimate of drug-likeness (QED) is 0.482. The van der Waals surface area contributed by atoms with Crippen molar-refractivity contribution in [1.82, 2.24) is 4.57 Å². The number of rotatable bonds is 4. The van der Waals surface area contributed by atoms with Gasteiger partial charge in [0.25, 0.3) is 0 Å². The summed E-state index contributed by atoms with van der Waals surface area (Å²) in [6.07, 6.45) is 1.14. The number of nitrogens with zero attached hydrogens (tertiary/aromatic N) is 1. The highest BCUT2D eigenvalue weighted by Gasteiger charge is 2.33. The molecule has 0 aromatic heterocycles. The van der Waals surface area contributed by atoms with Crippen molar-refractivity contribution in [1.29, 1.82) is 0 Å². The summed E-state index contributed by atoms with van der Waals surface area (Å²) in [5.74, 6) is -0.159. The maximum absolute atomic E-state index is 11.6. The van der Waals surface area contributed by atoms with Crippen LogP contribution in [0, 0.1) is 0 Å². The van der Waals surface area contributed by atoms with Crippen molar-refractivity contribution in [3.63, 3.8) is 0 Å². The van der Waals surface area contributed by atoms with Crippen LogP contribution in [0.2, 0.25) is 6.04 Å². The highest BCUT2D eigenvalue weighted by atomic mass is 28.2. The zero-order valence-corrected chi connectivity index (χ0v) is 10.6. The number of carbonyl (C=O) groups excluding carboxylic acids is 1. The van der Waals surface area contributed by atoms with Crippen LogP contribution in [0.1, 0.15) is 13.3 Å². The summed E-state index contributed by atoms with van der Waals surface area (Å²) in [4.78, 5) is 11.6. The molecule has 0 bridgehead atoms. The van der Waals surface area contributed by atoms with E-state index < -0.39 is 0 Å². The van der Waals surface area contributed by atoms with Crippen LogP contribution in [0.5, 0.6) is 0 Å². The minimum absolute atomic E-state index is 0.0759. The van der Waals surface area contributed by atoms with Gasteiger partial charge < -0.3 is 14.0 Å². The van der Waals surface area contributed by atoms with E-state index in [1.165, 1.54) is 19.6 Å². The average Bonchev–Trinajstić information content (AvgIpc) is 2.70. The van der Waals surface area contributed by atoms with Crippen LogP contribution in [-0.4, -0.2) is 53.1 Å². The van der Waals surface area contributed by atoms with Crippen LogP contribution < -0.4 is 0 Å². The van der Waals surface area contributed by atoms with Crippen LogP contribution in [0.4, 0.5) is 0 Å². The second kappa shape index (κ2) is 5.48. The fraction of sp³-hybridized carbons (Fsp3) is 0.889. The van der Waals surface area contributed by atoms with E-state index in [-0.39, 0.29) is 27.8 Å². The molecule has 82 valence electrons. The van der Waals surface area contributed by atoms with E-state index in [0.29, 0.717) is 0 Å². The highest BCUT2D eigenvalue weighted by Crippen LogP contribution is 2.15. The molecule has 5 heteroatoms. The molecule has 1 heterocycles. The second-order valence-electron chi connectivity index (χ2n) is 3.65. The lowest BCUT2D eigenvalue weighted by molar-refractivity contribution is -0.149. The standard InChI is InChI=1S/C9H19NO3Si/c1-7(12-2)8(9(11)13-3)10-5-4-6-14-10/h7-8H,4-6,14H2,1-3H3. The van der Waals surface area contributed by atoms with E-state index >= 15 is 0 Å². The molecule has 0 N–H and O–H groups in total. The molecule has 1 aliphatic rings. The van der Waals surface area contributed by atoms with Crippen molar-refractivity contribution in [2.24, 2.45) is 0 Å². The molecule has 14 heavy (non-hydrogen) atoms. The molecule has 0 radical (unpaired) electrons. The van der Waals surface area contributed by atoms with Crippen LogP contribution in [0.25, 0.3) is 0 Å². The predicted molar refractivity (Wildman–Crippen MR) is 56.9 cm³/mol. The van der Waals surface area contributed by atoms with Crippen molar-refractivity contribution in [3.05, 3.63) is 0 Å². The lowest BCUT2D eigenvalue weighted by Gasteiger charge is -2.29. The van der Waals surface area contributed by atoms with Gasteiger partial charge in [-0.25, -0.2) is 0 Å². The number of esters is 1. The smallest absolute Gasteiger partial charge is 0.325 e. The summed E-state index contributed by atoms with van der Waals surface area (Å²) in [6.45, 7) is 2.95. The van der Waals surface area contributed by atoms with E-state index in [1.54, 1.807) is 7.11 Å². The van der Waals surface area contributed by atoms with Crippen LogP contribution in [-0.2, 0) is 14.3 Å². The Morgan fingerprint density at radius 2 is 2.21 bits per heavy atom. The Kier molecular flexibility index (Phi) is 4.57. The number of methoxy groups -OCH3 is 2. The molecule has 1 fully saturated rings. The molecule has 0 saturated carbocycles. The molecular weight excluding hydrogens is 198 g/mol. The third-order valence-electron chi connectivity index (χ3n) is 2.79. The van der Waals surface area contributed by atoms with Gasteiger partial charge in [-0.2, -0.15) is 0 Å². The third-order valence-corrected chi connectivity index (χ3v) is 4.89. The zero-order chi connectivity index (χ0) is 10.6. The SMILES string of the molecule is COC(=O)C(C(C)OC)N1CCC[SiH2]1. The summed E-state index contributed by atoms with van der Waals surface area (Å²) in [5, 5.41) is 0. The molecule has 1 saturated heterocycles. The normalized spacial score (nSPS) is 23.6. The van der Waals surface area contributed by atoms with Gasteiger partial charge in [0, 0.05) is 7.11 Å². The number of carbonyl (C=O) groups is 1. The third kappa shape index (κ3) is 2.56. The van der Waals surface area contributed by atoms with Crippen LogP contribution in [0.15, 0.2) is 0 Å². The van der Waals surface area contributed by atoms with Crippen LogP contribution >= 0.6 is 0 Å². The Bertz CT molecular complexity index is 194. The van der Waals surface area contributed by atoms with Crippen molar-refractivity contribution in [2.75, 3.05) is 20.8 Å². The van der Waals surface area contributed by atoms with Gasteiger partial charge in [-0.05, 0) is 25.9 Å². The second-order valence-corrected chi connectivity index (χ2v) is 5.62. The van der Waals surface area contributed by atoms with Crippen molar-refractivity contribution in [3.8, 4) is 0 Å². The molecule has 2 unspecified atom stereocenters. The van der Waals surface area contributed by atoms with Crippen molar-refractivity contribution >= 4 is 15.7 Å². The molecular formula is C9H19NO3Si. The molecule has 0 aliphatic carbocycles. The Balaban J connectivity index is 2.64. The number of hydrogen-bond donors (Lipinski definition) is 0. The molecule has 2 atom stereocenters. The first kappa shape index (κ1) is 11.7. The molecule has 0 spiro atoms. The topological polar surface area (TPSA) is 38.8 Å². The van der Waals surface area contributed by atoms with E-state index in [1.807, 2.05) is 6.92 Å². The summed E-state index contributed by atoms with van der Waals surface area (Å²) >= 11 is 0. The molecule has 1 aliphatic heterocycles. The van der Waals surface area contributed by atoms with Gasteiger partial charge in [-0.1, -0.05) is 0 Å². The fourth-order valence-electron chi connectivity index (χ4n) is 1.91. The Labute approximate surface area is 87.5 Å². The summed E-state index contributed by atoms with van der Waals surface area (Å²) < 4.78 is 12.3. The van der Waals surface area contributed by atoms with E-state index in [2.05, 4.69) is 4.57 Å². The summed E-state index contributed by atoms with van der Waals surface area (Å²) in [5.41, 5.74) is 0. The van der Waals surface area contributed by atoms with E-state index in [4.69, 9.17) is 9.47 Å². The number of ether oxygens (including phenoxy) is 2. The summed E-state index contributed by atoms with van der Waals surface area (Å²) in [6, 6.07) is 1.11. The van der Waals surface area contributed by atoms with E-state index in [0.717, 1.165) is 6.54 Å². The van der Waals surface area contributed by atoms with Gasteiger partial charge in [0.05, 0.1) is 22.9 Å². The molecule has 0 aromatic rings. The lowest BCUT2D eigenvalue weighted by Crippen LogP contribution is -2.48. The number of hydrogen-bond acceptors (Lipinski definition) is 4. The maximum Gasteiger partial charge on any atom is 0.325 e. The van der Waals surface area contributed by atoms with Crippen molar-refractivity contribution in [2.45, 2.75) is 31.5 Å².